The summed E-state index contributed by atoms with van der Waals surface area (Å²) in [5.41, 5.74) is 4.52. The molecule has 1 aromatic carbocycles. The predicted molar refractivity (Wildman–Crippen MR) is 105 cm³/mol. The number of fused-ring (bicyclic) bond motifs is 1. The molecule has 0 radical (unpaired) electrons. The number of carbonyl (C=O) groups is 2. The smallest absolute Gasteiger partial charge is 0.169 e. The van der Waals surface area contributed by atoms with E-state index < -0.39 is 0 Å². The minimum atomic E-state index is 0.0412. The Morgan fingerprint density at radius 2 is 1.88 bits per heavy atom. The first-order chi connectivity index (χ1) is 12.4. The van der Waals surface area contributed by atoms with Gasteiger partial charge in [0.25, 0.3) is 0 Å². The van der Waals surface area contributed by atoms with Crippen molar-refractivity contribution < 1.29 is 9.59 Å². The molecule has 3 rings (SSSR count). The maximum Gasteiger partial charge on any atom is 0.169 e. The quantitative estimate of drug-likeness (QED) is 0.648. The van der Waals surface area contributed by atoms with E-state index in [1.807, 2.05) is 18.2 Å². The summed E-state index contributed by atoms with van der Waals surface area (Å²) in [6.45, 7) is 3.67. The van der Waals surface area contributed by atoms with E-state index in [9.17, 15) is 9.59 Å². The number of benzene rings is 1. The van der Waals surface area contributed by atoms with Gasteiger partial charge in [-0.15, -0.1) is 0 Å². The highest BCUT2D eigenvalue weighted by Crippen LogP contribution is 2.34. The van der Waals surface area contributed by atoms with Gasteiger partial charge in [-0.05, 0) is 70.3 Å². The Balaban J connectivity index is 1.85. The van der Waals surface area contributed by atoms with Crippen LogP contribution >= 0.6 is 0 Å². The van der Waals surface area contributed by atoms with Gasteiger partial charge in [-0.25, -0.2) is 0 Å². The van der Waals surface area contributed by atoms with Crippen molar-refractivity contribution in [2.24, 2.45) is 0 Å². The number of nitrogens with one attached hydrogen (secondary N) is 1. The van der Waals surface area contributed by atoms with Crippen molar-refractivity contribution in [3.05, 3.63) is 40.6 Å². The van der Waals surface area contributed by atoms with Crippen LogP contribution in [-0.2, 0) is 11.2 Å². The predicted octanol–water partition coefficient (Wildman–Crippen LogP) is 3.60. The fourth-order valence-corrected chi connectivity index (χ4v) is 4.26. The number of allylic oxidation sites excluding steroid dienone is 2. The van der Waals surface area contributed by atoms with Crippen molar-refractivity contribution in [2.75, 3.05) is 14.1 Å². The Morgan fingerprint density at radius 1 is 1.19 bits per heavy atom. The molecule has 0 saturated heterocycles. The van der Waals surface area contributed by atoms with Crippen LogP contribution in [-0.4, -0.2) is 42.6 Å². The summed E-state index contributed by atoms with van der Waals surface area (Å²) in [6, 6.07) is 6.77. The summed E-state index contributed by atoms with van der Waals surface area (Å²) in [7, 11) is 4.30. The lowest BCUT2D eigenvalue weighted by atomic mass is 9.90. The summed E-state index contributed by atoms with van der Waals surface area (Å²) in [5, 5.41) is 3.68. The number of ketones is 2. The van der Waals surface area contributed by atoms with Gasteiger partial charge in [0.15, 0.2) is 11.6 Å². The number of hydrogen-bond acceptors (Lipinski definition) is 4. The van der Waals surface area contributed by atoms with Crippen LogP contribution in [0.3, 0.4) is 0 Å². The van der Waals surface area contributed by atoms with E-state index in [4.69, 9.17) is 0 Å². The zero-order valence-corrected chi connectivity index (χ0v) is 16.4. The van der Waals surface area contributed by atoms with Crippen LogP contribution in [0.25, 0.3) is 5.57 Å². The molecule has 0 unspecified atom stereocenters. The van der Waals surface area contributed by atoms with Gasteiger partial charge >= 0.3 is 0 Å². The Morgan fingerprint density at radius 3 is 2.46 bits per heavy atom. The van der Waals surface area contributed by atoms with E-state index in [0.717, 1.165) is 41.7 Å². The highest BCUT2D eigenvalue weighted by molar-refractivity contribution is 6.26. The highest BCUT2D eigenvalue weighted by atomic mass is 16.1. The fourth-order valence-electron chi connectivity index (χ4n) is 4.26. The average Bonchev–Trinajstić information content (AvgIpc) is 2.95. The first-order valence-corrected chi connectivity index (χ1v) is 9.74. The van der Waals surface area contributed by atoms with Crippen molar-refractivity contribution in [1.29, 1.82) is 0 Å². The van der Waals surface area contributed by atoms with Gasteiger partial charge in [0.2, 0.25) is 0 Å². The first-order valence-electron chi connectivity index (χ1n) is 9.74. The van der Waals surface area contributed by atoms with Crippen LogP contribution in [0, 0.1) is 0 Å². The molecule has 0 aliphatic heterocycles. The molecule has 1 N–H and O–H groups in total. The molecule has 0 spiro atoms. The van der Waals surface area contributed by atoms with Crippen LogP contribution in [0.5, 0.6) is 0 Å². The normalized spacial score (nSPS) is 24.6. The standard InChI is InChI=1S/C22H30N2O2/c1-5-20(23-17-8-10-18(11-9-17)24(3)4)22-19-12-15(14(2)25)6-7-16(19)13-21(22)26/h6-7,12,17-18,23H,5,8-11,13H2,1-4H3/b22-20-. The van der Waals surface area contributed by atoms with Crippen molar-refractivity contribution in [2.45, 2.75) is 64.5 Å². The molecule has 1 fully saturated rings. The molecule has 0 heterocycles. The van der Waals surface area contributed by atoms with E-state index in [1.165, 1.54) is 12.8 Å². The average molecular weight is 354 g/mol. The number of nitrogens with zero attached hydrogens (tertiary/aromatic N) is 1. The SMILES string of the molecule is CC/C(NC1CCC(N(C)C)CC1)=C1/C(=O)Cc2ccc(C(C)=O)cc21. The molecule has 0 amide bonds. The molecule has 4 nitrogen and oxygen atoms in total. The van der Waals surface area contributed by atoms with Gasteiger partial charge in [-0.2, -0.15) is 0 Å². The molecule has 0 aromatic heterocycles. The van der Waals surface area contributed by atoms with Crippen molar-refractivity contribution in [3.8, 4) is 0 Å². The second kappa shape index (κ2) is 7.75. The maximum atomic E-state index is 12.7. The van der Waals surface area contributed by atoms with Gasteiger partial charge in [-0.3, -0.25) is 9.59 Å². The second-order valence-electron chi connectivity index (χ2n) is 7.85. The van der Waals surface area contributed by atoms with Gasteiger partial charge in [0.1, 0.15) is 0 Å². The topological polar surface area (TPSA) is 49.4 Å². The van der Waals surface area contributed by atoms with Gasteiger partial charge in [0, 0.05) is 35.3 Å². The van der Waals surface area contributed by atoms with Crippen LogP contribution < -0.4 is 5.32 Å². The largest absolute Gasteiger partial charge is 0.385 e. The lowest BCUT2D eigenvalue weighted by molar-refractivity contribution is -0.112. The molecule has 2 aliphatic carbocycles. The summed E-state index contributed by atoms with van der Waals surface area (Å²) in [5.74, 6) is 0.214. The number of Topliss-reactive ketones (excluding diaryl/α,β-unsaturated/α-hetero) is 2. The Bertz CT molecular complexity index is 741. The van der Waals surface area contributed by atoms with Crippen molar-refractivity contribution in [3.63, 3.8) is 0 Å². The van der Waals surface area contributed by atoms with E-state index in [0.29, 0.717) is 24.1 Å². The van der Waals surface area contributed by atoms with Crippen molar-refractivity contribution in [1.82, 2.24) is 10.2 Å². The number of rotatable bonds is 5. The highest BCUT2D eigenvalue weighted by Gasteiger charge is 2.29. The monoisotopic (exact) mass is 354 g/mol. The first kappa shape index (κ1) is 18.8. The lowest BCUT2D eigenvalue weighted by Gasteiger charge is -2.34. The lowest BCUT2D eigenvalue weighted by Crippen LogP contribution is -2.39. The molecule has 1 saturated carbocycles. The van der Waals surface area contributed by atoms with Crippen LogP contribution in [0.4, 0.5) is 0 Å². The third-order valence-corrected chi connectivity index (χ3v) is 5.88. The van der Waals surface area contributed by atoms with Crippen LogP contribution in [0.15, 0.2) is 23.9 Å². The number of carbonyl (C=O) groups excluding carboxylic acids is 2. The minimum Gasteiger partial charge on any atom is -0.385 e. The van der Waals surface area contributed by atoms with E-state index in [1.54, 1.807) is 6.92 Å². The number of hydrogen-bond donors (Lipinski definition) is 1. The molecule has 0 atom stereocenters. The zero-order chi connectivity index (χ0) is 18.8. The maximum absolute atomic E-state index is 12.7. The zero-order valence-electron chi connectivity index (χ0n) is 16.4. The summed E-state index contributed by atoms with van der Waals surface area (Å²) >= 11 is 0. The van der Waals surface area contributed by atoms with Gasteiger partial charge in [-0.1, -0.05) is 19.1 Å². The summed E-state index contributed by atoms with van der Waals surface area (Å²) in [6.07, 6.45) is 5.90. The second-order valence-corrected chi connectivity index (χ2v) is 7.85. The summed E-state index contributed by atoms with van der Waals surface area (Å²) in [4.78, 5) is 26.8. The molecule has 140 valence electrons. The summed E-state index contributed by atoms with van der Waals surface area (Å²) < 4.78 is 0. The van der Waals surface area contributed by atoms with Gasteiger partial charge < -0.3 is 10.2 Å². The molecule has 0 bridgehead atoms. The van der Waals surface area contributed by atoms with E-state index in [2.05, 4.69) is 31.2 Å². The van der Waals surface area contributed by atoms with Crippen LogP contribution in [0.1, 0.15) is 67.4 Å². The van der Waals surface area contributed by atoms with E-state index >= 15 is 0 Å². The van der Waals surface area contributed by atoms with E-state index in [-0.39, 0.29) is 11.6 Å². The molecule has 1 aromatic rings. The van der Waals surface area contributed by atoms with Crippen LogP contribution in [0.2, 0.25) is 0 Å². The van der Waals surface area contributed by atoms with Crippen molar-refractivity contribution >= 4 is 17.1 Å². The Hall–Kier alpha value is -1.94. The fraction of sp³-hybridized carbons (Fsp3) is 0.545. The third-order valence-electron chi connectivity index (χ3n) is 5.88. The minimum absolute atomic E-state index is 0.0412. The Labute approximate surface area is 156 Å². The molecular weight excluding hydrogens is 324 g/mol. The Kier molecular flexibility index (Phi) is 5.61. The van der Waals surface area contributed by atoms with Gasteiger partial charge in [0.05, 0.1) is 0 Å². The molecule has 2 aliphatic rings. The third kappa shape index (κ3) is 3.75. The molecular formula is C22H30N2O2. The molecule has 26 heavy (non-hydrogen) atoms. The molecule has 4 heteroatoms.